The Morgan fingerprint density at radius 1 is 1.07 bits per heavy atom. The van der Waals surface area contributed by atoms with Crippen molar-refractivity contribution in [2.24, 2.45) is 0 Å². The minimum absolute atomic E-state index is 0.0245. The van der Waals surface area contributed by atoms with Crippen LogP contribution in [0.1, 0.15) is 46.5 Å². The van der Waals surface area contributed by atoms with Gasteiger partial charge in [-0.3, -0.25) is 9.88 Å². The van der Waals surface area contributed by atoms with Crippen LogP contribution < -0.4 is 9.64 Å². The molecule has 3 aliphatic rings. The Bertz CT molecular complexity index is 1760. The van der Waals surface area contributed by atoms with E-state index < -0.39 is 11.4 Å². The highest BCUT2D eigenvalue weighted by Crippen LogP contribution is 2.39. The second-order valence-electron chi connectivity index (χ2n) is 13.5. The molecule has 10 nitrogen and oxygen atoms in total. The first-order valence-electron chi connectivity index (χ1n) is 15.7. The van der Waals surface area contributed by atoms with Crippen molar-refractivity contribution in [1.82, 2.24) is 24.8 Å². The first kappa shape index (κ1) is 29.5. The van der Waals surface area contributed by atoms with Crippen molar-refractivity contribution in [1.29, 1.82) is 0 Å². The van der Waals surface area contributed by atoms with E-state index in [1.54, 1.807) is 12.3 Å². The van der Waals surface area contributed by atoms with E-state index >= 15 is 4.39 Å². The number of benzene rings is 2. The number of rotatable bonds is 5. The summed E-state index contributed by atoms with van der Waals surface area (Å²) >= 11 is 0. The number of amides is 1. The number of phenolic OH excluding ortho intramolecular Hbond substituents is 1. The Morgan fingerprint density at radius 2 is 1.82 bits per heavy atom. The van der Waals surface area contributed by atoms with Crippen LogP contribution in [0.25, 0.3) is 32.9 Å². The number of nitrogens with zero attached hydrogens (tertiary/aromatic N) is 6. The predicted octanol–water partition coefficient (Wildman–Crippen LogP) is 5.75. The monoisotopic (exact) mass is 614 g/mol. The van der Waals surface area contributed by atoms with Crippen LogP contribution in [0.3, 0.4) is 0 Å². The van der Waals surface area contributed by atoms with Gasteiger partial charge in [-0.2, -0.15) is 9.97 Å². The summed E-state index contributed by atoms with van der Waals surface area (Å²) in [5, 5.41) is 12.5. The van der Waals surface area contributed by atoms with Gasteiger partial charge in [0.25, 0.3) is 0 Å². The third kappa shape index (κ3) is 5.58. The highest BCUT2D eigenvalue weighted by atomic mass is 19.1. The number of likely N-dealkylation sites (tertiary alicyclic amines) is 1. The van der Waals surface area contributed by atoms with Gasteiger partial charge in [-0.05, 0) is 83.0 Å². The highest BCUT2D eigenvalue weighted by Gasteiger charge is 2.45. The molecule has 7 rings (SSSR count). The van der Waals surface area contributed by atoms with Crippen LogP contribution in [-0.2, 0) is 4.74 Å². The Kier molecular flexibility index (Phi) is 7.38. The number of hydrogen-bond donors (Lipinski definition) is 1. The fourth-order valence-corrected chi connectivity index (χ4v) is 7.05. The van der Waals surface area contributed by atoms with Crippen molar-refractivity contribution < 1.29 is 23.8 Å². The first-order chi connectivity index (χ1) is 21.6. The number of piperazine rings is 1. The molecule has 2 aromatic carbocycles. The number of hydrogen-bond acceptors (Lipinski definition) is 9. The number of fused-ring (bicyclic) bond motifs is 4. The van der Waals surface area contributed by atoms with E-state index in [4.69, 9.17) is 14.5 Å². The van der Waals surface area contributed by atoms with Gasteiger partial charge >= 0.3 is 12.1 Å². The van der Waals surface area contributed by atoms with Crippen LogP contribution in [0.15, 0.2) is 42.6 Å². The summed E-state index contributed by atoms with van der Waals surface area (Å²) in [6.45, 7) is 8.06. The van der Waals surface area contributed by atoms with Gasteiger partial charge < -0.3 is 24.4 Å². The molecule has 3 saturated heterocycles. The minimum atomic E-state index is -0.606. The molecule has 2 bridgehead atoms. The lowest BCUT2D eigenvalue weighted by Gasteiger charge is -2.42. The highest BCUT2D eigenvalue weighted by molar-refractivity contribution is 6.00. The lowest BCUT2D eigenvalue weighted by atomic mass is 10.00. The standard InChI is InChI=1S/C34H39FN6O4/c1-34(2,3)45-33(43)41-21-11-12-22(41)18-40(17-21)31-27-16-36-29(26-15-24(42)14-20-8-5-6-10-25(20)26)28(35)30(27)37-32(38-31)44-19-23-9-7-13-39(23)4/h5-6,8,10,14-16,21-23,42H,7,9,11-13,17-19H2,1-4H3/t21?,22?,23-/m0/s1. The number of likely N-dealkylation sites (N-methyl/N-ethyl adjacent to an activating group) is 1. The summed E-state index contributed by atoms with van der Waals surface area (Å²) in [6, 6.07) is 10.9. The quantitative estimate of drug-likeness (QED) is 0.301. The molecule has 1 N–H and O–H groups in total. The van der Waals surface area contributed by atoms with Gasteiger partial charge in [-0.25, -0.2) is 9.18 Å². The maximum atomic E-state index is 16.6. The SMILES string of the molecule is CN1CCC[C@H]1COc1nc(N2CC3CCC(C2)N3C(=O)OC(C)(C)C)c2cnc(-c3cc(O)cc4ccccc34)c(F)c2n1. The number of anilines is 1. The average molecular weight is 615 g/mol. The molecule has 11 heteroatoms. The molecule has 3 aliphatic heterocycles. The summed E-state index contributed by atoms with van der Waals surface area (Å²) in [7, 11) is 2.07. The summed E-state index contributed by atoms with van der Waals surface area (Å²) in [5.41, 5.74) is 0.0895. The number of ether oxygens (including phenoxy) is 2. The molecule has 3 atom stereocenters. The maximum Gasteiger partial charge on any atom is 0.410 e. The number of carbonyl (C=O) groups excluding carboxylic acids is 1. The average Bonchev–Trinajstić information content (AvgIpc) is 3.53. The molecule has 2 aromatic heterocycles. The molecule has 0 spiro atoms. The van der Waals surface area contributed by atoms with E-state index in [-0.39, 0.29) is 47.2 Å². The summed E-state index contributed by atoms with van der Waals surface area (Å²) in [5.74, 6) is -0.0456. The van der Waals surface area contributed by atoms with Crippen molar-refractivity contribution in [3.63, 3.8) is 0 Å². The fourth-order valence-electron chi connectivity index (χ4n) is 7.05. The second kappa shape index (κ2) is 11.3. The topological polar surface area (TPSA) is 104 Å². The Morgan fingerprint density at radius 3 is 2.53 bits per heavy atom. The van der Waals surface area contributed by atoms with Gasteiger partial charge in [0.1, 0.15) is 35.0 Å². The lowest BCUT2D eigenvalue weighted by molar-refractivity contribution is 0.0122. The molecule has 0 radical (unpaired) electrons. The Balaban J connectivity index is 1.29. The van der Waals surface area contributed by atoms with E-state index in [1.165, 1.54) is 6.07 Å². The van der Waals surface area contributed by atoms with Crippen LogP contribution in [0.4, 0.5) is 15.0 Å². The van der Waals surface area contributed by atoms with Crippen molar-refractivity contribution in [3.05, 3.63) is 48.4 Å². The molecule has 45 heavy (non-hydrogen) atoms. The zero-order valence-electron chi connectivity index (χ0n) is 26.2. The zero-order valence-corrected chi connectivity index (χ0v) is 26.2. The third-order valence-electron chi connectivity index (χ3n) is 9.21. The number of aromatic nitrogens is 3. The smallest absolute Gasteiger partial charge is 0.410 e. The van der Waals surface area contributed by atoms with Crippen molar-refractivity contribution in [3.8, 4) is 23.0 Å². The van der Waals surface area contributed by atoms with Crippen LogP contribution >= 0.6 is 0 Å². The summed E-state index contributed by atoms with van der Waals surface area (Å²) < 4.78 is 28.6. The van der Waals surface area contributed by atoms with Gasteiger partial charge in [-0.15, -0.1) is 0 Å². The molecule has 236 valence electrons. The number of phenols is 1. The van der Waals surface area contributed by atoms with Crippen molar-refractivity contribution in [2.45, 2.75) is 70.2 Å². The molecule has 3 fully saturated rings. The van der Waals surface area contributed by atoms with E-state index in [1.807, 2.05) is 49.9 Å². The van der Waals surface area contributed by atoms with E-state index in [0.29, 0.717) is 36.5 Å². The van der Waals surface area contributed by atoms with E-state index in [0.717, 1.165) is 43.0 Å². The lowest BCUT2D eigenvalue weighted by Crippen LogP contribution is -2.57. The number of pyridine rings is 1. The maximum absolute atomic E-state index is 16.6. The Hall–Kier alpha value is -4.25. The summed E-state index contributed by atoms with van der Waals surface area (Å²) in [6.07, 6.45) is 5.12. The predicted molar refractivity (Wildman–Crippen MR) is 170 cm³/mol. The molecule has 4 aromatic rings. The fraction of sp³-hybridized carbons (Fsp3) is 0.471. The number of carbonyl (C=O) groups is 1. The normalized spacial score (nSPS) is 22.0. The van der Waals surface area contributed by atoms with E-state index in [9.17, 15) is 9.90 Å². The van der Waals surface area contributed by atoms with Gasteiger partial charge in [0, 0.05) is 30.9 Å². The number of aromatic hydroxyl groups is 1. The molecule has 1 amide bonds. The molecule has 0 aliphatic carbocycles. The summed E-state index contributed by atoms with van der Waals surface area (Å²) in [4.78, 5) is 33.4. The zero-order chi connectivity index (χ0) is 31.5. The van der Waals surface area contributed by atoms with E-state index in [2.05, 4.69) is 26.8 Å². The molecular weight excluding hydrogens is 575 g/mol. The van der Waals surface area contributed by atoms with Crippen LogP contribution in [-0.4, -0.2) is 93.0 Å². The molecule has 0 saturated carbocycles. The van der Waals surface area contributed by atoms with Gasteiger partial charge in [0.05, 0.1) is 17.5 Å². The molecule has 5 heterocycles. The number of halogens is 1. The van der Waals surface area contributed by atoms with Crippen LogP contribution in [0.2, 0.25) is 0 Å². The van der Waals surface area contributed by atoms with Crippen molar-refractivity contribution in [2.75, 3.05) is 38.2 Å². The Labute approximate surface area is 261 Å². The first-order valence-corrected chi connectivity index (χ1v) is 15.7. The second-order valence-corrected chi connectivity index (χ2v) is 13.5. The van der Waals surface area contributed by atoms with Gasteiger partial charge in [0.15, 0.2) is 5.82 Å². The van der Waals surface area contributed by atoms with Crippen LogP contribution in [0, 0.1) is 5.82 Å². The largest absolute Gasteiger partial charge is 0.508 e. The molecular formula is C34H39FN6O4. The van der Waals surface area contributed by atoms with Gasteiger partial charge in [0.2, 0.25) is 0 Å². The molecule has 2 unspecified atom stereocenters. The van der Waals surface area contributed by atoms with Gasteiger partial charge in [-0.1, -0.05) is 24.3 Å². The van der Waals surface area contributed by atoms with Crippen molar-refractivity contribution >= 4 is 33.6 Å². The minimum Gasteiger partial charge on any atom is -0.508 e. The van der Waals surface area contributed by atoms with Crippen LogP contribution in [0.5, 0.6) is 11.8 Å². The third-order valence-corrected chi connectivity index (χ3v) is 9.21.